The van der Waals surface area contributed by atoms with Crippen LogP contribution in [0.1, 0.15) is 43.6 Å². The number of methoxy groups -OCH3 is 1. The molecule has 5 N–H and O–H groups in total. The lowest BCUT2D eigenvalue weighted by Gasteiger charge is -2.24. The summed E-state index contributed by atoms with van der Waals surface area (Å²) in [5.74, 6) is -0.262. The van der Waals surface area contributed by atoms with Crippen molar-refractivity contribution in [1.29, 1.82) is 0 Å². The number of aromatic nitrogens is 1. The number of aliphatic hydroxyl groups excluding tert-OH is 1. The minimum absolute atomic E-state index is 0.0565. The zero-order valence-electron chi connectivity index (χ0n) is 18.7. The van der Waals surface area contributed by atoms with Crippen molar-refractivity contribution < 1.29 is 24.2 Å². The zero-order chi connectivity index (χ0) is 23.3. The van der Waals surface area contributed by atoms with Gasteiger partial charge in [-0.1, -0.05) is 19.9 Å². The highest BCUT2D eigenvalue weighted by atomic mass is 16.5. The highest BCUT2D eigenvalue weighted by Crippen LogP contribution is 2.26. The number of amides is 3. The lowest BCUT2D eigenvalue weighted by atomic mass is 9.97. The Hall–Kier alpha value is -3.07. The Kier molecular flexibility index (Phi) is 7.74. The molecule has 0 radical (unpaired) electrons. The monoisotopic (exact) mass is 444 g/mol. The van der Waals surface area contributed by atoms with Crippen LogP contribution in [0, 0.1) is 11.8 Å². The maximum Gasteiger partial charge on any atom is 0.268 e. The molecule has 174 valence electrons. The van der Waals surface area contributed by atoms with E-state index in [2.05, 4.69) is 20.9 Å². The van der Waals surface area contributed by atoms with Gasteiger partial charge in [0.1, 0.15) is 17.5 Å². The Morgan fingerprint density at radius 1 is 1.28 bits per heavy atom. The van der Waals surface area contributed by atoms with Gasteiger partial charge in [-0.3, -0.25) is 14.4 Å². The topological polar surface area (TPSA) is 133 Å². The van der Waals surface area contributed by atoms with Crippen LogP contribution < -0.4 is 20.7 Å². The molecule has 3 rings (SSSR count). The second-order valence-corrected chi connectivity index (χ2v) is 8.66. The van der Waals surface area contributed by atoms with Crippen molar-refractivity contribution >= 4 is 28.6 Å². The molecular weight excluding hydrogens is 412 g/mol. The molecule has 3 atom stereocenters. The molecule has 1 aliphatic heterocycles. The summed E-state index contributed by atoms with van der Waals surface area (Å²) in [6.07, 6.45) is 1.47. The number of aromatic amines is 1. The van der Waals surface area contributed by atoms with Crippen molar-refractivity contribution in [2.75, 3.05) is 20.3 Å². The van der Waals surface area contributed by atoms with Crippen LogP contribution in [-0.4, -0.2) is 60.2 Å². The van der Waals surface area contributed by atoms with Crippen LogP contribution in [-0.2, 0) is 9.59 Å². The maximum atomic E-state index is 13.0. The van der Waals surface area contributed by atoms with Crippen LogP contribution in [0.3, 0.4) is 0 Å². The Labute approximate surface area is 187 Å². The average Bonchev–Trinajstić information content (AvgIpc) is 3.38. The number of benzene rings is 1. The highest BCUT2D eigenvalue weighted by molar-refractivity contribution is 6.01. The molecule has 3 amide bonds. The van der Waals surface area contributed by atoms with E-state index >= 15 is 0 Å². The lowest BCUT2D eigenvalue weighted by Crippen LogP contribution is -2.51. The van der Waals surface area contributed by atoms with Crippen LogP contribution in [0.15, 0.2) is 24.3 Å². The molecule has 0 bridgehead atoms. The van der Waals surface area contributed by atoms with E-state index in [0.29, 0.717) is 37.3 Å². The summed E-state index contributed by atoms with van der Waals surface area (Å²) in [7, 11) is 1.57. The number of nitrogens with one attached hydrogen (secondary N) is 4. The molecule has 0 unspecified atom stereocenters. The van der Waals surface area contributed by atoms with Crippen molar-refractivity contribution in [3.63, 3.8) is 0 Å². The van der Waals surface area contributed by atoms with Crippen molar-refractivity contribution in [2.45, 2.75) is 45.2 Å². The van der Waals surface area contributed by atoms with Crippen molar-refractivity contribution in [3.05, 3.63) is 30.0 Å². The predicted octanol–water partition coefficient (Wildman–Crippen LogP) is 1.32. The summed E-state index contributed by atoms with van der Waals surface area (Å²) < 4.78 is 5.34. The Bertz CT molecular complexity index is 970. The third kappa shape index (κ3) is 5.59. The lowest BCUT2D eigenvalue weighted by molar-refractivity contribution is -0.126. The van der Waals surface area contributed by atoms with Crippen molar-refractivity contribution in [1.82, 2.24) is 20.9 Å². The molecular formula is C23H32N4O5. The number of hydrogen-bond donors (Lipinski definition) is 5. The summed E-state index contributed by atoms with van der Waals surface area (Å²) in [5, 5.41) is 18.9. The first kappa shape index (κ1) is 23.6. The van der Waals surface area contributed by atoms with E-state index < -0.39 is 18.0 Å². The number of carbonyl (C=O) groups is 3. The van der Waals surface area contributed by atoms with E-state index in [-0.39, 0.29) is 30.3 Å². The first-order chi connectivity index (χ1) is 15.3. The van der Waals surface area contributed by atoms with Gasteiger partial charge in [-0.05, 0) is 43.4 Å². The molecule has 9 heteroatoms. The number of H-pyrrole nitrogens is 1. The Morgan fingerprint density at radius 3 is 2.69 bits per heavy atom. The van der Waals surface area contributed by atoms with E-state index in [1.165, 1.54) is 0 Å². The fraction of sp³-hybridized carbons (Fsp3) is 0.522. The minimum Gasteiger partial charge on any atom is -0.496 e. The fourth-order valence-corrected chi connectivity index (χ4v) is 4.06. The molecule has 0 saturated carbocycles. The van der Waals surface area contributed by atoms with Gasteiger partial charge in [0.05, 0.1) is 19.8 Å². The first-order valence-corrected chi connectivity index (χ1v) is 11.0. The number of aliphatic hydroxyl groups is 1. The molecule has 0 aliphatic carbocycles. The van der Waals surface area contributed by atoms with Gasteiger partial charge in [0, 0.05) is 23.4 Å². The van der Waals surface area contributed by atoms with Crippen LogP contribution in [0.5, 0.6) is 5.75 Å². The molecule has 2 aromatic rings. The molecule has 1 fully saturated rings. The van der Waals surface area contributed by atoms with Gasteiger partial charge in [-0.25, -0.2) is 0 Å². The van der Waals surface area contributed by atoms with Gasteiger partial charge in [0.2, 0.25) is 11.8 Å². The maximum absolute atomic E-state index is 13.0. The second kappa shape index (κ2) is 10.5. The van der Waals surface area contributed by atoms with Gasteiger partial charge >= 0.3 is 0 Å². The molecule has 1 aromatic carbocycles. The van der Waals surface area contributed by atoms with Gasteiger partial charge < -0.3 is 30.8 Å². The van der Waals surface area contributed by atoms with Crippen molar-refractivity contribution in [3.8, 4) is 5.75 Å². The van der Waals surface area contributed by atoms with E-state index in [9.17, 15) is 19.5 Å². The minimum atomic E-state index is -0.776. The Morgan fingerprint density at radius 2 is 2.06 bits per heavy atom. The summed E-state index contributed by atoms with van der Waals surface area (Å²) in [6, 6.07) is 5.85. The number of fused-ring (bicyclic) bond motifs is 1. The molecule has 1 aromatic heterocycles. The molecule has 1 aliphatic rings. The van der Waals surface area contributed by atoms with Crippen LogP contribution in [0.25, 0.3) is 10.9 Å². The zero-order valence-corrected chi connectivity index (χ0v) is 18.7. The predicted molar refractivity (Wildman–Crippen MR) is 120 cm³/mol. The number of hydrogen-bond acceptors (Lipinski definition) is 5. The fourth-order valence-electron chi connectivity index (χ4n) is 4.06. The summed E-state index contributed by atoms with van der Waals surface area (Å²) >= 11 is 0. The summed E-state index contributed by atoms with van der Waals surface area (Å²) in [6.45, 7) is 4.26. The highest BCUT2D eigenvalue weighted by Gasteiger charge is 2.30. The standard InChI is InChI=1S/C23H32N4O5/c1-13(2)9-18(22(30)25-15(12-28)10-14-7-8-24-21(14)29)27-23(31)19-11-16-17(26-19)5-4-6-20(16)32-3/h4-6,11,13-15,18,26,28H,7-10,12H2,1-3H3,(H,24,29)(H,25,30)(H,27,31)/t14-,15-,18-/m0/s1. The van der Waals surface area contributed by atoms with Crippen LogP contribution in [0.2, 0.25) is 0 Å². The van der Waals surface area contributed by atoms with Crippen LogP contribution in [0.4, 0.5) is 0 Å². The van der Waals surface area contributed by atoms with Gasteiger partial charge in [0.15, 0.2) is 0 Å². The molecule has 9 nitrogen and oxygen atoms in total. The first-order valence-electron chi connectivity index (χ1n) is 11.0. The molecule has 1 saturated heterocycles. The van der Waals surface area contributed by atoms with Gasteiger partial charge in [0.25, 0.3) is 5.91 Å². The number of rotatable bonds is 10. The largest absolute Gasteiger partial charge is 0.496 e. The van der Waals surface area contributed by atoms with E-state index in [1.54, 1.807) is 13.2 Å². The third-order valence-electron chi connectivity index (χ3n) is 5.72. The quantitative estimate of drug-likeness (QED) is 0.377. The third-order valence-corrected chi connectivity index (χ3v) is 5.72. The SMILES string of the molecule is COc1cccc2[nH]c(C(=O)N[C@@H](CC(C)C)C(=O)N[C@H](CO)C[C@@H]3CCNC3=O)cc12. The van der Waals surface area contributed by atoms with E-state index in [4.69, 9.17) is 4.74 Å². The van der Waals surface area contributed by atoms with Gasteiger partial charge in [-0.15, -0.1) is 0 Å². The van der Waals surface area contributed by atoms with E-state index in [0.717, 1.165) is 10.9 Å². The average molecular weight is 445 g/mol. The number of carbonyl (C=O) groups excluding carboxylic acids is 3. The smallest absolute Gasteiger partial charge is 0.268 e. The van der Waals surface area contributed by atoms with Gasteiger partial charge in [-0.2, -0.15) is 0 Å². The van der Waals surface area contributed by atoms with Crippen LogP contribution >= 0.6 is 0 Å². The Balaban J connectivity index is 1.70. The molecule has 0 spiro atoms. The summed E-state index contributed by atoms with van der Waals surface area (Å²) in [5.41, 5.74) is 1.09. The van der Waals surface area contributed by atoms with Crippen molar-refractivity contribution in [2.24, 2.45) is 11.8 Å². The molecule has 2 heterocycles. The summed E-state index contributed by atoms with van der Waals surface area (Å²) in [4.78, 5) is 40.8. The second-order valence-electron chi connectivity index (χ2n) is 8.66. The van der Waals surface area contributed by atoms with E-state index in [1.807, 2.05) is 32.0 Å². The number of ether oxygens (including phenoxy) is 1. The normalized spacial score (nSPS) is 17.8. The molecule has 32 heavy (non-hydrogen) atoms.